The number of imide groups is 1. The summed E-state index contributed by atoms with van der Waals surface area (Å²) in [4.78, 5) is 39.2. The second kappa shape index (κ2) is 7.57. The minimum atomic E-state index is -0.952. The fourth-order valence-electron chi connectivity index (χ4n) is 3.26. The first-order chi connectivity index (χ1) is 13.8. The molecule has 0 bridgehead atoms. The standard InChI is InChI=1S/C19H15BrClN5O3/c1-10-2-5-12(21)8-14(10)22-15(27)9-25-17-16(23-24-25)18(28)26(19(17)29)13-6-3-11(20)4-7-13/h2-8,16-17H,9H2,1H3,(H,22,27). The fraction of sp³-hybridized carbons (Fsp3) is 0.211. The van der Waals surface area contributed by atoms with Gasteiger partial charge in [-0.25, -0.2) is 4.90 Å². The maximum atomic E-state index is 12.9. The van der Waals surface area contributed by atoms with E-state index in [0.29, 0.717) is 16.4 Å². The molecule has 8 nitrogen and oxygen atoms in total. The molecule has 2 aromatic rings. The Kier molecular flexibility index (Phi) is 5.10. The van der Waals surface area contributed by atoms with Gasteiger partial charge >= 0.3 is 0 Å². The number of rotatable bonds is 4. The Morgan fingerprint density at radius 1 is 1.17 bits per heavy atom. The molecule has 0 spiro atoms. The molecule has 2 heterocycles. The molecule has 2 aromatic carbocycles. The molecular formula is C19H15BrClN5O3. The van der Waals surface area contributed by atoms with Gasteiger partial charge in [-0.15, -0.1) is 0 Å². The van der Waals surface area contributed by atoms with Crippen LogP contribution in [0, 0.1) is 6.92 Å². The lowest BCUT2D eigenvalue weighted by Gasteiger charge is -2.20. The Hall–Kier alpha value is -2.78. The van der Waals surface area contributed by atoms with Crippen LogP contribution < -0.4 is 10.2 Å². The van der Waals surface area contributed by atoms with Crippen LogP contribution in [-0.2, 0) is 14.4 Å². The summed E-state index contributed by atoms with van der Waals surface area (Å²) >= 11 is 9.30. The van der Waals surface area contributed by atoms with E-state index in [2.05, 4.69) is 31.6 Å². The van der Waals surface area contributed by atoms with Crippen molar-refractivity contribution >= 4 is 56.6 Å². The number of hydrogen-bond donors (Lipinski definition) is 1. The van der Waals surface area contributed by atoms with Crippen molar-refractivity contribution in [1.29, 1.82) is 0 Å². The quantitative estimate of drug-likeness (QED) is 0.685. The largest absolute Gasteiger partial charge is 0.324 e. The second-order valence-corrected chi connectivity index (χ2v) is 8.04. The fourth-order valence-corrected chi connectivity index (χ4v) is 3.70. The molecule has 2 aliphatic heterocycles. The lowest BCUT2D eigenvalue weighted by atomic mass is 10.1. The van der Waals surface area contributed by atoms with Gasteiger partial charge in [-0.2, -0.15) is 5.11 Å². The SMILES string of the molecule is Cc1ccc(Cl)cc1NC(=O)CN1N=NC2C(=O)N(c3ccc(Br)cc3)C(=O)C21. The molecule has 2 atom stereocenters. The average Bonchev–Trinajstić information content (AvgIpc) is 3.19. The van der Waals surface area contributed by atoms with Crippen LogP contribution in [0.5, 0.6) is 0 Å². The molecule has 0 aliphatic carbocycles. The van der Waals surface area contributed by atoms with Gasteiger partial charge in [0.2, 0.25) is 5.91 Å². The third-order valence-corrected chi connectivity index (χ3v) is 5.49. The van der Waals surface area contributed by atoms with Crippen LogP contribution in [0.25, 0.3) is 0 Å². The number of nitrogens with one attached hydrogen (secondary N) is 1. The van der Waals surface area contributed by atoms with E-state index < -0.39 is 29.8 Å². The zero-order chi connectivity index (χ0) is 20.7. The maximum absolute atomic E-state index is 12.9. The van der Waals surface area contributed by atoms with Gasteiger partial charge in [0.15, 0.2) is 12.1 Å². The van der Waals surface area contributed by atoms with E-state index >= 15 is 0 Å². The molecule has 0 aromatic heterocycles. The summed E-state index contributed by atoms with van der Waals surface area (Å²) in [6.07, 6.45) is 0. The Balaban J connectivity index is 1.49. The Morgan fingerprint density at radius 2 is 1.90 bits per heavy atom. The first kappa shape index (κ1) is 19.5. The van der Waals surface area contributed by atoms with Gasteiger partial charge < -0.3 is 5.32 Å². The van der Waals surface area contributed by atoms with E-state index in [4.69, 9.17) is 11.6 Å². The number of aryl methyl sites for hydroxylation is 1. The second-order valence-electron chi connectivity index (χ2n) is 6.69. The molecule has 0 saturated carbocycles. The van der Waals surface area contributed by atoms with Crippen molar-refractivity contribution in [3.63, 3.8) is 0 Å². The zero-order valence-electron chi connectivity index (χ0n) is 15.2. The Bertz CT molecular complexity index is 1040. The Morgan fingerprint density at radius 3 is 2.62 bits per heavy atom. The molecule has 3 amide bonds. The summed E-state index contributed by atoms with van der Waals surface area (Å²) < 4.78 is 0.829. The van der Waals surface area contributed by atoms with Gasteiger partial charge in [0.25, 0.3) is 11.8 Å². The van der Waals surface area contributed by atoms with Crippen LogP contribution in [0.15, 0.2) is 57.3 Å². The smallest absolute Gasteiger partial charge is 0.263 e. The summed E-state index contributed by atoms with van der Waals surface area (Å²) in [5.41, 5.74) is 1.87. The van der Waals surface area contributed by atoms with Gasteiger partial charge in [-0.05, 0) is 48.9 Å². The van der Waals surface area contributed by atoms with Gasteiger partial charge in [0.1, 0.15) is 6.54 Å². The van der Waals surface area contributed by atoms with E-state index in [1.807, 2.05) is 6.92 Å². The molecule has 2 unspecified atom stereocenters. The van der Waals surface area contributed by atoms with Crippen molar-refractivity contribution in [2.75, 3.05) is 16.8 Å². The highest BCUT2D eigenvalue weighted by Crippen LogP contribution is 2.32. The normalized spacial score (nSPS) is 20.4. The number of nitrogens with zero attached hydrogens (tertiary/aromatic N) is 4. The van der Waals surface area contributed by atoms with Crippen LogP contribution in [0.4, 0.5) is 11.4 Å². The number of anilines is 2. The zero-order valence-corrected chi connectivity index (χ0v) is 17.5. The van der Waals surface area contributed by atoms with Crippen LogP contribution >= 0.6 is 27.5 Å². The van der Waals surface area contributed by atoms with Crippen LogP contribution in [-0.4, -0.2) is 41.4 Å². The molecule has 29 heavy (non-hydrogen) atoms. The van der Waals surface area contributed by atoms with E-state index in [0.717, 1.165) is 14.9 Å². The van der Waals surface area contributed by atoms with Crippen molar-refractivity contribution in [3.8, 4) is 0 Å². The van der Waals surface area contributed by atoms with Crippen molar-refractivity contribution in [3.05, 3.63) is 57.5 Å². The monoisotopic (exact) mass is 475 g/mol. The summed E-state index contributed by atoms with van der Waals surface area (Å²) in [5, 5.41) is 12.3. The number of benzene rings is 2. The topological polar surface area (TPSA) is 94.4 Å². The number of carbonyl (C=O) groups is 3. The number of carbonyl (C=O) groups excluding carboxylic acids is 3. The first-order valence-electron chi connectivity index (χ1n) is 8.72. The van der Waals surface area contributed by atoms with E-state index in [9.17, 15) is 14.4 Å². The third kappa shape index (κ3) is 3.63. The lowest BCUT2D eigenvalue weighted by molar-refractivity contribution is -0.123. The van der Waals surface area contributed by atoms with Gasteiger partial charge in [-0.3, -0.25) is 19.4 Å². The molecule has 10 heteroatoms. The summed E-state index contributed by atoms with van der Waals surface area (Å²) in [7, 11) is 0. The number of fused-ring (bicyclic) bond motifs is 1. The van der Waals surface area contributed by atoms with E-state index in [1.54, 1.807) is 42.5 Å². The summed E-state index contributed by atoms with van der Waals surface area (Å²) in [6, 6.07) is 10.1. The average molecular weight is 477 g/mol. The number of halogens is 2. The third-order valence-electron chi connectivity index (χ3n) is 4.72. The first-order valence-corrected chi connectivity index (χ1v) is 9.89. The molecule has 148 valence electrons. The minimum Gasteiger partial charge on any atom is -0.324 e. The molecule has 4 rings (SSSR count). The predicted molar refractivity (Wildman–Crippen MR) is 111 cm³/mol. The molecular weight excluding hydrogens is 462 g/mol. The molecule has 1 saturated heterocycles. The van der Waals surface area contributed by atoms with Crippen LogP contribution in [0.2, 0.25) is 5.02 Å². The van der Waals surface area contributed by atoms with Gasteiger partial charge in [0, 0.05) is 15.2 Å². The highest BCUT2D eigenvalue weighted by Gasteiger charge is 2.55. The molecule has 0 radical (unpaired) electrons. The molecule has 1 fully saturated rings. The molecule has 2 aliphatic rings. The van der Waals surface area contributed by atoms with Crippen LogP contribution in [0.1, 0.15) is 5.56 Å². The van der Waals surface area contributed by atoms with E-state index in [1.165, 1.54) is 5.01 Å². The van der Waals surface area contributed by atoms with Crippen molar-refractivity contribution in [1.82, 2.24) is 5.01 Å². The van der Waals surface area contributed by atoms with Crippen molar-refractivity contribution < 1.29 is 14.4 Å². The van der Waals surface area contributed by atoms with Gasteiger partial charge in [0.05, 0.1) is 5.69 Å². The van der Waals surface area contributed by atoms with Crippen molar-refractivity contribution in [2.45, 2.75) is 19.0 Å². The highest BCUT2D eigenvalue weighted by molar-refractivity contribution is 9.10. The lowest BCUT2D eigenvalue weighted by Crippen LogP contribution is -2.43. The molecule has 1 N–H and O–H groups in total. The van der Waals surface area contributed by atoms with Crippen molar-refractivity contribution in [2.24, 2.45) is 10.3 Å². The van der Waals surface area contributed by atoms with E-state index in [-0.39, 0.29) is 6.54 Å². The number of amides is 3. The predicted octanol–water partition coefficient (Wildman–Crippen LogP) is 3.34. The maximum Gasteiger partial charge on any atom is 0.263 e. The van der Waals surface area contributed by atoms with Crippen LogP contribution in [0.3, 0.4) is 0 Å². The minimum absolute atomic E-state index is 0.218. The summed E-state index contributed by atoms with van der Waals surface area (Å²) in [6.45, 7) is 1.62. The highest BCUT2D eigenvalue weighted by atomic mass is 79.9. The summed E-state index contributed by atoms with van der Waals surface area (Å²) in [5.74, 6) is -1.31. The number of hydrogen-bond acceptors (Lipinski definition) is 6. The Labute approximate surface area is 179 Å². The van der Waals surface area contributed by atoms with Gasteiger partial charge in [-0.1, -0.05) is 38.8 Å².